The number of rotatable bonds is 2. The van der Waals surface area contributed by atoms with Gasteiger partial charge in [0.1, 0.15) is 11.4 Å². The van der Waals surface area contributed by atoms with Gasteiger partial charge in [0, 0.05) is 5.56 Å². The Labute approximate surface area is 91.7 Å². The third-order valence-electron chi connectivity index (χ3n) is 2.02. The van der Waals surface area contributed by atoms with Crippen molar-refractivity contribution in [2.75, 3.05) is 0 Å². The number of hydrogen-bond acceptors (Lipinski definition) is 4. The molecular weight excluding hydrogens is 211 g/mol. The van der Waals surface area contributed by atoms with Crippen LogP contribution in [0.25, 0.3) is 11.5 Å². The largest absolute Gasteiger partial charge is 0.418 e. The molecule has 4 nitrogen and oxygen atoms in total. The highest BCUT2D eigenvalue weighted by Crippen LogP contribution is 2.23. The first-order valence-corrected chi connectivity index (χ1v) is 4.79. The monoisotopic (exact) mass is 222 g/mol. The number of benzene rings is 1. The van der Waals surface area contributed by atoms with Gasteiger partial charge in [0.05, 0.1) is 0 Å². The summed E-state index contributed by atoms with van der Waals surface area (Å²) in [5.41, 5.74) is -0.707. The molecule has 0 amide bonds. The van der Waals surface area contributed by atoms with E-state index in [2.05, 4.69) is 10.2 Å². The highest BCUT2D eigenvalue weighted by Gasteiger charge is 2.24. The molecule has 2 aromatic rings. The zero-order valence-electron chi connectivity index (χ0n) is 8.94. The molecule has 0 aliphatic rings. The first-order chi connectivity index (χ1) is 7.47. The molecule has 0 unspecified atom stereocenters. The van der Waals surface area contributed by atoms with E-state index in [1.54, 1.807) is 12.1 Å². The lowest BCUT2D eigenvalue weighted by atomic mass is 10.1. The molecule has 5 heteroatoms. The van der Waals surface area contributed by atoms with Gasteiger partial charge in [-0.3, -0.25) is 0 Å². The number of aliphatic hydroxyl groups is 1. The average molecular weight is 222 g/mol. The molecule has 2 rings (SSSR count). The van der Waals surface area contributed by atoms with E-state index in [-0.39, 0.29) is 17.6 Å². The van der Waals surface area contributed by atoms with E-state index in [1.807, 2.05) is 0 Å². The van der Waals surface area contributed by atoms with Crippen LogP contribution in [-0.4, -0.2) is 15.3 Å². The fourth-order valence-corrected chi connectivity index (χ4v) is 1.21. The number of halogens is 1. The van der Waals surface area contributed by atoms with E-state index in [0.29, 0.717) is 5.56 Å². The van der Waals surface area contributed by atoms with E-state index in [4.69, 9.17) is 4.42 Å². The molecule has 0 spiro atoms. The van der Waals surface area contributed by atoms with Gasteiger partial charge in [-0.1, -0.05) is 6.07 Å². The minimum absolute atomic E-state index is 0.103. The minimum Gasteiger partial charge on any atom is -0.418 e. The van der Waals surface area contributed by atoms with Crippen LogP contribution in [0.1, 0.15) is 19.7 Å². The second kappa shape index (κ2) is 3.68. The summed E-state index contributed by atoms with van der Waals surface area (Å²) >= 11 is 0. The second-order valence-electron chi connectivity index (χ2n) is 3.98. The van der Waals surface area contributed by atoms with E-state index < -0.39 is 5.60 Å². The Morgan fingerprint density at radius 3 is 2.62 bits per heavy atom. The molecule has 84 valence electrons. The summed E-state index contributed by atoms with van der Waals surface area (Å²) in [6.07, 6.45) is 0. The van der Waals surface area contributed by atoms with Crippen molar-refractivity contribution in [3.8, 4) is 11.5 Å². The summed E-state index contributed by atoms with van der Waals surface area (Å²) in [6.45, 7) is 3.08. The van der Waals surface area contributed by atoms with Gasteiger partial charge in [0.25, 0.3) is 0 Å². The lowest BCUT2D eigenvalue weighted by Crippen LogP contribution is -2.15. The van der Waals surface area contributed by atoms with Crippen molar-refractivity contribution < 1.29 is 13.9 Å². The Balaban J connectivity index is 2.39. The topological polar surface area (TPSA) is 59.2 Å². The van der Waals surface area contributed by atoms with Crippen LogP contribution in [-0.2, 0) is 5.60 Å². The van der Waals surface area contributed by atoms with E-state index >= 15 is 0 Å². The van der Waals surface area contributed by atoms with Gasteiger partial charge >= 0.3 is 0 Å². The molecule has 0 aliphatic heterocycles. The maximum Gasteiger partial charge on any atom is 0.248 e. The molecule has 1 N–H and O–H groups in total. The van der Waals surface area contributed by atoms with Gasteiger partial charge in [-0.05, 0) is 32.0 Å². The summed E-state index contributed by atoms with van der Waals surface area (Å²) in [5, 5.41) is 17.1. The fraction of sp³-hybridized carbons (Fsp3) is 0.273. The van der Waals surface area contributed by atoms with Gasteiger partial charge in [-0.2, -0.15) is 0 Å². The molecule has 16 heavy (non-hydrogen) atoms. The van der Waals surface area contributed by atoms with E-state index in [1.165, 1.54) is 26.0 Å². The Hall–Kier alpha value is -1.75. The molecule has 0 fully saturated rings. The van der Waals surface area contributed by atoms with Crippen LogP contribution in [0.3, 0.4) is 0 Å². The quantitative estimate of drug-likeness (QED) is 0.845. The summed E-state index contributed by atoms with van der Waals surface area (Å²) in [6, 6.07) is 5.84. The van der Waals surface area contributed by atoms with Crippen LogP contribution in [0, 0.1) is 5.82 Å². The minimum atomic E-state index is -1.20. The normalized spacial score (nSPS) is 11.8. The van der Waals surface area contributed by atoms with Crippen LogP contribution in [0.5, 0.6) is 0 Å². The SMILES string of the molecule is CC(C)(O)c1nnc(-c2cccc(F)c2)o1. The lowest BCUT2D eigenvalue weighted by molar-refractivity contribution is 0.0488. The molecule has 1 heterocycles. The fourth-order valence-electron chi connectivity index (χ4n) is 1.21. The first kappa shape index (κ1) is 10.8. The van der Waals surface area contributed by atoms with E-state index in [0.717, 1.165) is 0 Å². The maximum absolute atomic E-state index is 13.0. The Bertz CT molecular complexity index is 503. The van der Waals surface area contributed by atoms with Crippen molar-refractivity contribution in [3.05, 3.63) is 36.0 Å². The molecule has 0 bridgehead atoms. The van der Waals surface area contributed by atoms with Crippen molar-refractivity contribution in [1.29, 1.82) is 0 Å². The van der Waals surface area contributed by atoms with Gasteiger partial charge in [0.15, 0.2) is 0 Å². The van der Waals surface area contributed by atoms with Crippen LogP contribution >= 0.6 is 0 Å². The second-order valence-corrected chi connectivity index (χ2v) is 3.98. The molecule has 0 radical (unpaired) electrons. The molecular formula is C11H11FN2O2. The zero-order valence-corrected chi connectivity index (χ0v) is 8.94. The van der Waals surface area contributed by atoms with Gasteiger partial charge in [-0.25, -0.2) is 4.39 Å². The predicted octanol–water partition coefficient (Wildman–Crippen LogP) is 2.10. The Kier molecular flexibility index (Phi) is 2.47. The molecule has 0 atom stereocenters. The average Bonchev–Trinajstić information content (AvgIpc) is 2.65. The predicted molar refractivity (Wildman–Crippen MR) is 54.9 cm³/mol. The van der Waals surface area contributed by atoms with Crippen molar-refractivity contribution in [2.45, 2.75) is 19.4 Å². The maximum atomic E-state index is 13.0. The Morgan fingerprint density at radius 1 is 1.31 bits per heavy atom. The van der Waals surface area contributed by atoms with Gasteiger partial charge in [0.2, 0.25) is 11.8 Å². The molecule has 0 saturated heterocycles. The molecule has 1 aromatic heterocycles. The first-order valence-electron chi connectivity index (χ1n) is 4.79. The molecule has 1 aromatic carbocycles. The van der Waals surface area contributed by atoms with Crippen LogP contribution in [0.15, 0.2) is 28.7 Å². The summed E-state index contributed by atoms with van der Waals surface area (Å²) in [7, 11) is 0. The van der Waals surface area contributed by atoms with Crippen molar-refractivity contribution in [3.63, 3.8) is 0 Å². The summed E-state index contributed by atoms with van der Waals surface area (Å²) in [4.78, 5) is 0. The molecule has 0 saturated carbocycles. The summed E-state index contributed by atoms with van der Waals surface area (Å²) in [5.74, 6) is -0.0797. The summed E-state index contributed by atoms with van der Waals surface area (Å²) < 4.78 is 18.2. The number of hydrogen-bond donors (Lipinski definition) is 1. The standard InChI is InChI=1S/C11H11FN2O2/c1-11(2,15)10-14-13-9(16-10)7-4-3-5-8(12)6-7/h3-6,15H,1-2H3. The number of aromatic nitrogens is 2. The van der Waals surface area contributed by atoms with Crippen LogP contribution in [0.4, 0.5) is 4.39 Å². The third kappa shape index (κ3) is 2.09. The Morgan fingerprint density at radius 2 is 2.06 bits per heavy atom. The van der Waals surface area contributed by atoms with E-state index in [9.17, 15) is 9.50 Å². The highest BCUT2D eigenvalue weighted by atomic mass is 19.1. The van der Waals surface area contributed by atoms with Gasteiger partial charge in [-0.15, -0.1) is 10.2 Å². The highest BCUT2D eigenvalue weighted by molar-refractivity contribution is 5.52. The molecule has 0 aliphatic carbocycles. The zero-order chi connectivity index (χ0) is 11.8. The smallest absolute Gasteiger partial charge is 0.248 e. The van der Waals surface area contributed by atoms with Crippen molar-refractivity contribution >= 4 is 0 Å². The lowest BCUT2D eigenvalue weighted by Gasteiger charge is -2.09. The van der Waals surface area contributed by atoms with Crippen LogP contribution in [0.2, 0.25) is 0 Å². The van der Waals surface area contributed by atoms with Crippen LogP contribution < -0.4 is 0 Å². The van der Waals surface area contributed by atoms with Crippen molar-refractivity contribution in [1.82, 2.24) is 10.2 Å². The van der Waals surface area contributed by atoms with Gasteiger partial charge < -0.3 is 9.52 Å². The van der Waals surface area contributed by atoms with Crippen molar-refractivity contribution in [2.24, 2.45) is 0 Å². The third-order valence-corrected chi connectivity index (χ3v) is 2.02. The number of nitrogens with zero attached hydrogens (tertiary/aromatic N) is 2.